The van der Waals surface area contributed by atoms with Gasteiger partial charge in [-0.15, -0.1) is 0 Å². The van der Waals surface area contributed by atoms with Crippen molar-refractivity contribution in [1.29, 1.82) is 0 Å². The van der Waals surface area contributed by atoms with E-state index in [0.29, 0.717) is 29.8 Å². The Balaban J connectivity index is 2.03. The molecule has 29 heavy (non-hydrogen) atoms. The maximum atomic E-state index is 13.3. The van der Waals surface area contributed by atoms with Gasteiger partial charge in [0, 0.05) is 30.6 Å². The van der Waals surface area contributed by atoms with Gasteiger partial charge in [-0.05, 0) is 29.3 Å². The van der Waals surface area contributed by atoms with Crippen LogP contribution in [0, 0.1) is 5.82 Å². The molecule has 0 unspecified atom stereocenters. The Kier molecular flexibility index (Phi) is 7.48. The number of guanidine groups is 1. The van der Waals surface area contributed by atoms with Crippen LogP contribution in [-0.4, -0.2) is 34.2 Å². The first kappa shape index (κ1) is 23.0. The summed E-state index contributed by atoms with van der Waals surface area (Å²) in [4.78, 5) is 4.20. The van der Waals surface area contributed by atoms with Crippen LogP contribution >= 0.6 is 11.6 Å². The number of nitrogens with one attached hydrogen (secondary N) is 3. The van der Waals surface area contributed by atoms with Gasteiger partial charge in [-0.2, -0.15) is 0 Å². The Labute approximate surface area is 176 Å². The average molecular weight is 441 g/mol. The molecule has 0 spiro atoms. The molecular weight excluding hydrogens is 415 g/mol. The first-order chi connectivity index (χ1) is 13.5. The molecule has 0 aliphatic carbocycles. The molecule has 9 heteroatoms. The number of para-hydroxylation sites is 1. The number of hydrogen-bond acceptors (Lipinski definition) is 3. The largest absolute Gasteiger partial charge is 0.356 e. The third-order valence-corrected chi connectivity index (χ3v) is 5.24. The average Bonchev–Trinajstić information content (AvgIpc) is 2.61. The molecule has 3 N–H and O–H groups in total. The summed E-state index contributed by atoms with van der Waals surface area (Å²) in [5, 5.41) is 6.78. The van der Waals surface area contributed by atoms with Crippen LogP contribution in [0.5, 0.6) is 0 Å². The predicted octanol–water partition coefficient (Wildman–Crippen LogP) is 3.49. The van der Waals surface area contributed by atoms with Gasteiger partial charge >= 0.3 is 0 Å². The van der Waals surface area contributed by atoms with Crippen LogP contribution in [0.15, 0.2) is 47.5 Å². The molecule has 0 bridgehead atoms. The minimum atomic E-state index is -3.37. The SMILES string of the molecule is CN=C(NCc1ccccc1NS(C)(=O)=O)NCC(C)(C)c1ccc(F)cc1Cl. The van der Waals surface area contributed by atoms with E-state index in [1.165, 1.54) is 12.1 Å². The summed E-state index contributed by atoms with van der Waals surface area (Å²) in [5.74, 6) is 0.173. The Morgan fingerprint density at radius 1 is 1.17 bits per heavy atom. The molecule has 158 valence electrons. The molecule has 0 saturated carbocycles. The van der Waals surface area contributed by atoms with Crippen molar-refractivity contribution in [2.45, 2.75) is 25.8 Å². The van der Waals surface area contributed by atoms with Gasteiger partial charge in [0.2, 0.25) is 10.0 Å². The lowest BCUT2D eigenvalue weighted by molar-refractivity contribution is 0.507. The molecule has 0 aliphatic heterocycles. The number of halogens is 2. The minimum absolute atomic E-state index is 0.371. The molecule has 0 atom stereocenters. The number of sulfonamides is 1. The highest BCUT2D eigenvalue weighted by atomic mass is 35.5. The van der Waals surface area contributed by atoms with Gasteiger partial charge in [-0.1, -0.05) is 49.7 Å². The monoisotopic (exact) mass is 440 g/mol. The molecule has 2 rings (SSSR count). The Hall–Kier alpha value is -2.32. The fourth-order valence-electron chi connectivity index (χ4n) is 2.81. The standard InChI is InChI=1S/C20H26ClFN4O2S/c1-20(2,16-10-9-15(22)11-17(16)21)13-25-19(23-3)24-12-14-7-5-6-8-18(14)26-29(4,27)28/h5-11,26H,12-13H2,1-4H3,(H2,23,24,25). The van der Waals surface area contributed by atoms with E-state index in [1.54, 1.807) is 25.2 Å². The fourth-order valence-corrected chi connectivity index (χ4v) is 3.83. The maximum Gasteiger partial charge on any atom is 0.229 e. The Morgan fingerprint density at radius 3 is 2.48 bits per heavy atom. The van der Waals surface area contributed by atoms with Crippen molar-refractivity contribution in [3.63, 3.8) is 0 Å². The summed E-state index contributed by atoms with van der Waals surface area (Å²) in [6.45, 7) is 4.87. The summed E-state index contributed by atoms with van der Waals surface area (Å²) in [6, 6.07) is 11.5. The number of benzene rings is 2. The van der Waals surface area contributed by atoms with Crippen LogP contribution < -0.4 is 15.4 Å². The van der Waals surface area contributed by atoms with E-state index < -0.39 is 10.0 Å². The first-order valence-electron chi connectivity index (χ1n) is 8.97. The van der Waals surface area contributed by atoms with E-state index in [0.717, 1.165) is 17.4 Å². The van der Waals surface area contributed by atoms with Crippen LogP contribution in [0.3, 0.4) is 0 Å². The second kappa shape index (κ2) is 9.45. The van der Waals surface area contributed by atoms with Crippen LogP contribution in [0.2, 0.25) is 5.02 Å². The van der Waals surface area contributed by atoms with Gasteiger partial charge in [-0.25, -0.2) is 12.8 Å². The zero-order valence-corrected chi connectivity index (χ0v) is 18.5. The van der Waals surface area contributed by atoms with E-state index in [4.69, 9.17) is 11.6 Å². The van der Waals surface area contributed by atoms with Crippen molar-refractivity contribution in [2.24, 2.45) is 4.99 Å². The van der Waals surface area contributed by atoms with Crippen LogP contribution in [-0.2, 0) is 22.0 Å². The van der Waals surface area contributed by atoms with Gasteiger partial charge in [0.15, 0.2) is 5.96 Å². The van der Waals surface area contributed by atoms with E-state index >= 15 is 0 Å². The van der Waals surface area contributed by atoms with Gasteiger partial charge < -0.3 is 10.6 Å². The van der Waals surface area contributed by atoms with Crippen LogP contribution in [0.1, 0.15) is 25.0 Å². The summed E-state index contributed by atoms with van der Waals surface area (Å²) < 4.78 is 38.9. The van der Waals surface area contributed by atoms with Gasteiger partial charge in [-0.3, -0.25) is 9.71 Å². The smallest absolute Gasteiger partial charge is 0.229 e. The zero-order valence-electron chi connectivity index (χ0n) is 16.9. The summed E-state index contributed by atoms with van der Waals surface area (Å²) in [6.07, 6.45) is 1.11. The van der Waals surface area contributed by atoms with Crippen molar-refractivity contribution < 1.29 is 12.8 Å². The van der Waals surface area contributed by atoms with Crippen LogP contribution in [0.25, 0.3) is 0 Å². The van der Waals surface area contributed by atoms with E-state index in [2.05, 4.69) is 20.3 Å². The number of anilines is 1. The quantitative estimate of drug-likeness (QED) is 0.454. The van der Waals surface area contributed by atoms with E-state index in [9.17, 15) is 12.8 Å². The minimum Gasteiger partial charge on any atom is -0.356 e. The molecule has 2 aromatic rings. The molecule has 0 heterocycles. The maximum absolute atomic E-state index is 13.3. The van der Waals surface area contributed by atoms with Crippen molar-refractivity contribution in [1.82, 2.24) is 10.6 Å². The molecule has 0 aliphatic rings. The topological polar surface area (TPSA) is 82.6 Å². The highest BCUT2D eigenvalue weighted by Gasteiger charge is 2.24. The number of hydrogen-bond donors (Lipinski definition) is 3. The third-order valence-electron chi connectivity index (χ3n) is 4.34. The van der Waals surface area contributed by atoms with Gasteiger partial charge in [0.05, 0.1) is 11.9 Å². The fraction of sp³-hybridized carbons (Fsp3) is 0.350. The first-order valence-corrected chi connectivity index (χ1v) is 11.2. The third kappa shape index (κ3) is 6.90. The van der Waals surface area contributed by atoms with E-state index in [-0.39, 0.29) is 11.2 Å². The predicted molar refractivity (Wildman–Crippen MR) is 118 cm³/mol. The number of rotatable bonds is 7. The Morgan fingerprint density at radius 2 is 1.86 bits per heavy atom. The highest BCUT2D eigenvalue weighted by molar-refractivity contribution is 7.92. The lowest BCUT2D eigenvalue weighted by atomic mass is 9.84. The second-order valence-electron chi connectivity index (χ2n) is 7.32. The molecule has 0 fully saturated rings. The van der Waals surface area contributed by atoms with E-state index in [1.807, 2.05) is 26.0 Å². The Bertz CT molecular complexity index is 994. The molecule has 0 saturated heterocycles. The lowest BCUT2D eigenvalue weighted by Crippen LogP contribution is -2.43. The van der Waals surface area contributed by atoms with Crippen molar-refractivity contribution in [3.8, 4) is 0 Å². The molecule has 0 radical (unpaired) electrons. The second-order valence-corrected chi connectivity index (χ2v) is 9.47. The molecular formula is C20H26ClFN4O2S. The van der Waals surface area contributed by atoms with Crippen molar-refractivity contribution in [3.05, 3.63) is 64.4 Å². The normalized spacial score (nSPS) is 12.6. The lowest BCUT2D eigenvalue weighted by Gasteiger charge is -2.28. The van der Waals surface area contributed by atoms with Crippen molar-refractivity contribution >= 4 is 33.3 Å². The molecule has 2 aromatic carbocycles. The number of aliphatic imine (C=N–C) groups is 1. The summed E-state index contributed by atoms with van der Waals surface area (Å²) in [5.41, 5.74) is 1.74. The zero-order chi connectivity index (χ0) is 21.7. The van der Waals surface area contributed by atoms with Crippen LogP contribution in [0.4, 0.5) is 10.1 Å². The van der Waals surface area contributed by atoms with Crippen molar-refractivity contribution in [2.75, 3.05) is 24.6 Å². The molecule has 0 amide bonds. The molecule has 0 aromatic heterocycles. The van der Waals surface area contributed by atoms with Gasteiger partial charge in [0.25, 0.3) is 0 Å². The summed E-state index contributed by atoms with van der Waals surface area (Å²) in [7, 11) is -1.73. The van der Waals surface area contributed by atoms with Gasteiger partial charge in [0.1, 0.15) is 5.82 Å². The summed E-state index contributed by atoms with van der Waals surface area (Å²) >= 11 is 6.20. The number of nitrogens with zero attached hydrogens (tertiary/aromatic N) is 1. The molecule has 6 nitrogen and oxygen atoms in total. The highest BCUT2D eigenvalue weighted by Crippen LogP contribution is 2.29.